The number of rotatable bonds is 10. The summed E-state index contributed by atoms with van der Waals surface area (Å²) in [6.45, 7) is 8.56. The van der Waals surface area contributed by atoms with Crippen LogP contribution in [0.5, 0.6) is 0 Å². The number of ether oxygens (including phenoxy) is 1. The van der Waals surface area contributed by atoms with Crippen LogP contribution in [0, 0.1) is 0 Å². The Balaban J connectivity index is -0.000000239. The predicted molar refractivity (Wildman–Crippen MR) is 189 cm³/mol. The molecule has 0 radical (unpaired) electrons. The number of alkyl halides is 2. The molecule has 0 aromatic heterocycles. The summed E-state index contributed by atoms with van der Waals surface area (Å²) >= 11 is 20.6. The molecule has 0 saturated carbocycles. The molecule has 1 fully saturated rings. The molecule has 0 spiro atoms. The Bertz CT molecular complexity index is 1070. The van der Waals surface area contributed by atoms with Crippen LogP contribution in [-0.4, -0.2) is 85.9 Å². The monoisotopic (exact) mass is 752 g/mol. The van der Waals surface area contributed by atoms with E-state index in [0.29, 0.717) is 16.1 Å². The third kappa shape index (κ3) is 25.3. The summed E-state index contributed by atoms with van der Waals surface area (Å²) in [7, 11) is 3.13. The second-order valence-electron chi connectivity index (χ2n) is 8.54. The van der Waals surface area contributed by atoms with Crippen molar-refractivity contribution in [2.24, 2.45) is 0 Å². The highest BCUT2D eigenvalue weighted by atomic mass is 35.5. The molecule has 2 N–H and O–H groups in total. The zero-order chi connectivity index (χ0) is 33.5. The van der Waals surface area contributed by atoms with E-state index in [2.05, 4.69) is 18.0 Å². The molecule has 16 heteroatoms. The van der Waals surface area contributed by atoms with Crippen LogP contribution in [0.15, 0.2) is 61.2 Å². The highest BCUT2D eigenvalue weighted by Gasteiger charge is 2.38. The third-order valence-electron chi connectivity index (χ3n) is 5.46. The van der Waals surface area contributed by atoms with Crippen molar-refractivity contribution in [2.75, 3.05) is 40.4 Å². The molecule has 2 aromatic carbocycles. The van der Waals surface area contributed by atoms with Crippen molar-refractivity contribution in [3.8, 4) is 0 Å². The van der Waals surface area contributed by atoms with E-state index in [1.807, 2.05) is 12.6 Å². The number of hydrogen-bond donors (Lipinski definition) is 2. The number of carboxylic acids is 1. The fraction of sp³-hybridized carbons (Fsp3) is 0.448. The van der Waals surface area contributed by atoms with Crippen LogP contribution in [0.4, 0.5) is 0 Å². The average Bonchev–Trinajstić information content (AvgIpc) is 3.82. The number of carbonyl (C=O) groups excluding carboxylic acids is 1. The summed E-state index contributed by atoms with van der Waals surface area (Å²) in [5.41, 5.74) is 0.438. The Morgan fingerprint density at radius 2 is 1.31 bits per heavy atom. The van der Waals surface area contributed by atoms with Crippen molar-refractivity contribution in [3.05, 3.63) is 82.4 Å². The highest BCUT2D eigenvalue weighted by molar-refractivity contribution is 6.66. The van der Waals surface area contributed by atoms with Gasteiger partial charge in [0.1, 0.15) is 0 Å². The number of carbonyl (C=O) groups is 2. The van der Waals surface area contributed by atoms with Gasteiger partial charge in [-0.05, 0) is 49.5 Å². The quantitative estimate of drug-likeness (QED) is 0.0605. The van der Waals surface area contributed by atoms with Gasteiger partial charge in [0.2, 0.25) is 0 Å². The smallest absolute Gasteiger partial charge is 0.372 e. The Morgan fingerprint density at radius 1 is 0.911 bits per heavy atom. The van der Waals surface area contributed by atoms with E-state index >= 15 is 0 Å². The first kappa shape index (κ1) is 50.3. The molecule has 2 aromatic rings. The predicted octanol–water partition coefficient (Wildman–Crippen LogP) is 8.99. The summed E-state index contributed by atoms with van der Waals surface area (Å²) in [5.74, 6) is -1.77. The number of allylic oxidation sites excluding steroid dienone is 1. The third-order valence-corrected chi connectivity index (χ3v) is 11.6. The zero-order valence-corrected chi connectivity index (χ0v) is 30.0. The Labute approximate surface area is 290 Å². The lowest BCUT2D eigenvalue weighted by atomic mass is 10.2. The van der Waals surface area contributed by atoms with Crippen LogP contribution in [-0.2, 0) is 27.3 Å². The number of epoxide rings is 1. The summed E-state index contributed by atoms with van der Waals surface area (Å²) < 4.78 is 26.0. The van der Waals surface area contributed by atoms with E-state index in [1.54, 1.807) is 52.7 Å². The molecule has 0 bridgehead atoms. The van der Waals surface area contributed by atoms with Crippen LogP contribution >= 0.6 is 46.4 Å². The largest absolute Gasteiger partial charge is 0.478 e. The molecule has 10 nitrogen and oxygen atoms in total. The first-order chi connectivity index (χ1) is 20.2. The van der Waals surface area contributed by atoms with E-state index in [0.717, 1.165) is 18.7 Å². The van der Waals surface area contributed by atoms with E-state index in [9.17, 15) is 9.59 Å². The van der Waals surface area contributed by atoms with Crippen molar-refractivity contribution in [1.82, 2.24) is 0 Å². The minimum absolute atomic E-state index is 0. The van der Waals surface area contributed by atoms with Gasteiger partial charge in [0, 0.05) is 50.6 Å². The number of hydrogen-bond acceptors (Lipinski definition) is 9. The molecular formula is C29H48Cl4O10Si2. The summed E-state index contributed by atoms with van der Waals surface area (Å²) in [4.78, 5) is 24.4. The molecule has 1 unspecified atom stereocenters. The van der Waals surface area contributed by atoms with Crippen molar-refractivity contribution in [3.63, 3.8) is 0 Å². The minimum Gasteiger partial charge on any atom is -0.478 e. The van der Waals surface area contributed by atoms with E-state index in [-0.39, 0.29) is 31.3 Å². The highest BCUT2D eigenvalue weighted by Crippen LogP contribution is 2.23. The molecule has 1 atom stereocenters. The molecule has 1 aliphatic rings. The maximum absolute atomic E-state index is 10.6. The van der Waals surface area contributed by atoms with Crippen LogP contribution in [0.1, 0.15) is 35.6 Å². The normalized spacial score (nSPS) is 12.6. The van der Waals surface area contributed by atoms with Gasteiger partial charge in [-0.1, -0.05) is 56.3 Å². The standard InChI is InChI=1S/C7H5ClO3.C7H5ClO2.C6H14O3Si.C6H14O2Si.CH2Cl2.2CH4/c8-6-3-1-2-5(4-6)7(9)11-10;8-6-3-1-2-5(4-6)7(9)10;1-7-10(3,8-2)5-6-4-9-6;1-5-6-9(4,7-2)8-3;2-1-3;;/h1-4,10H;1-4H,(H,9,10);6H,4-5H2,1-3H3;5H,1,6H2,2-4H3;1H2;2*1H4. The molecule has 0 aliphatic carbocycles. The lowest BCUT2D eigenvalue weighted by molar-refractivity contribution is -0.182. The number of carboxylic acid groups (broad SMARTS) is 1. The van der Waals surface area contributed by atoms with Gasteiger partial charge in [0.05, 0.1) is 29.2 Å². The Hall–Kier alpha value is -1.53. The van der Waals surface area contributed by atoms with E-state index in [1.165, 1.54) is 24.3 Å². The zero-order valence-electron chi connectivity index (χ0n) is 25.0. The number of aromatic carboxylic acids is 1. The maximum Gasteiger partial charge on any atom is 0.372 e. The van der Waals surface area contributed by atoms with Gasteiger partial charge in [0.15, 0.2) is 0 Å². The molecule has 3 rings (SSSR count). The van der Waals surface area contributed by atoms with Gasteiger partial charge in [-0.3, -0.25) is 4.89 Å². The molecule has 1 saturated heterocycles. The lowest BCUT2D eigenvalue weighted by Gasteiger charge is -2.21. The fourth-order valence-electron chi connectivity index (χ4n) is 2.65. The molecule has 0 amide bonds. The number of halogens is 4. The van der Waals surface area contributed by atoms with Gasteiger partial charge in [0.25, 0.3) is 0 Å². The summed E-state index contributed by atoms with van der Waals surface area (Å²) in [5, 5.41) is 17.5. The SMILES string of the molecule is C.C.C=CC[Si](C)(OC)OC.CO[Si](C)(CC1CO1)OC.ClCCl.O=C(O)c1cccc(Cl)c1.O=C(OO)c1cccc(Cl)c1. The Morgan fingerprint density at radius 3 is 1.58 bits per heavy atom. The van der Waals surface area contributed by atoms with Gasteiger partial charge in [-0.25, -0.2) is 9.59 Å². The molecular weight excluding hydrogens is 706 g/mol. The minimum atomic E-state index is -1.82. The number of benzene rings is 2. The molecule has 1 aliphatic heterocycles. The summed E-state index contributed by atoms with van der Waals surface area (Å²) in [6, 6.07) is 14.0. The molecule has 260 valence electrons. The van der Waals surface area contributed by atoms with E-state index < -0.39 is 29.1 Å². The van der Waals surface area contributed by atoms with Gasteiger partial charge >= 0.3 is 29.1 Å². The maximum atomic E-state index is 10.6. The summed E-state index contributed by atoms with van der Waals surface area (Å²) in [6.07, 6.45) is 2.25. The second-order valence-corrected chi connectivity index (χ2v) is 17.2. The van der Waals surface area contributed by atoms with Crippen molar-refractivity contribution >= 4 is 75.5 Å². The van der Waals surface area contributed by atoms with Gasteiger partial charge < -0.3 is 27.5 Å². The second kappa shape index (κ2) is 28.7. The molecule has 1 heterocycles. The van der Waals surface area contributed by atoms with Crippen molar-refractivity contribution < 1.29 is 47.3 Å². The lowest BCUT2D eigenvalue weighted by Crippen LogP contribution is -2.37. The Kier molecular flexibility index (Phi) is 32.1. The van der Waals surface area contributed by atoms with Crippen LogP contribution in [0.25, 0.3) is 0 Å². The topological polar surface area (TPSA) is 133 Å². The van der Waals surface area contributed by atoms with Crippen LogP contribution in [0.3, 0.4) is 0 Å². The van der Waals surface area contributed by atoms with Gasteiger partial charge in [-0.2, -0.15) is 5.26 Å². The van der Waals surface area contributed by atoms with Gasteiger partial charge in [-0.15, -0.1) is 29.8 Å². The molecule has 45 heavy (non-hydrogen) atoms. The van der Waals surface area contributed by atoms with Crippen molar-refractivity contribution in [1.29, 1.82) is 0 Å². The van der Waals surface area contributed by atoms with Crippen LogP contribution < -0.4 is 0 Å². The first-order valence-electron chi connectivity index (χ1n) is 12.4. The van der Waals surface area contributed by atoms with Crippen LogP contribution in [0.2, 0.25) is 35.2 Å². The fourth-order valence-corrected chi connectivity index (χ4v) is 5.62. The first-order valence-corrected chi connectivity index (χ1v) is 19.3. The van der Waals surface area contributed by atoms with Crippen molar-refractivity contribution in [2.45, 2.75) is 46.1 Å². The van der Waals surface area contributed by atoms with E-state index in [4.69, 9.17) is 79.2 Å². The average molecular weight is 755 g/mol.